The van der Waals surface area contributed by atoms with E-state index in [2.05, 4.69) is 0 Å². The third-order valence-electron chi connectivity index (χ3n) is 3.51. The number of carbonyl (C=O) groups is 2. The molecule has 0 amide bonds. The average molecular weight is 196 g/mol. The number of hydrogen-bond donors (Lipinski definition) is 0. The van der Waals surface area contributed by atoms with Crippen molar-refractivity contribution >= 4 is 11.6 Å². The molecule has 0 radical (unpaired) electrons. The zero-order chi connectivity index (χ0) is 10.2. The number of hydrogen-bond acceptors (Lipinski definition) is 3. The van der Waals surface area contributed by atoms with Crippen molar-refractivity contribution in [1.29, 1.82) is 0 Å². The van der Waals surface area contributed by atoms with E-state index < -0.39 is 5.41 Å². The van der Waals surface area contributed by atoms with Crippen LogP contribution in [0.15, 0.2) is 0 Å². The Morgan fingerprint density at radius 1 is 1.36 bits per heavy atom. The molecule has 2 unspecified atom stereocenters. The first-order chi connectivity index (χ1) is 6.64. The Kier molecular flexibility index (Phi) is 2.43. The van der Waals surface area contributed by atoms with E-state index in [1.54, 1.807) is 0 Å². The fourth-order valence-corrected chi connectivity index (χ4v) is 2.55. The van der Waals surface area contributed by atoms with Gasteiger partial charge in [0.25, 0.3) is 0 Å². The second-order valence-electron chi connectivity index (χ2n) is 4.52. The Bertz CT molecular complexity index is 266. The van der Waals surface area contributed by atoms with Crippen LogP contribution in [0.3, 0.4) is 0 Å². The van der Waals surface area contributed by atoms with Crippen LogP contribution in [0.25, 0.3) is 0 Å². The number of ether oxygens (including phenoxy) is 1. The molecule has 1 heterocycles. The minimum Gasteiger partial charge on any atom is -0.377 e. The maximum atomic E-state index is 11.8. The Morgan fingerprint density at radius 3 is 2.79 bits per heavy atom. The predicted octanol–water partition coefficient (Wildman–Crippen LogP) is 1.49. The first kappa shape index (κ1) is 9.84. The molecule has 0 N–H and O–H groups in total. The lowest BCUT2D eigenvalue weighted by Gasteiger charge is -2.35. The monoisotopic (exact) mass is 196 g/mol. The maximum Gasteiger partial charge on any atom is 0.206 e. The lowest BCUT2D eigenvalue weighted by atomic mass is 9.69. The summed E-state index contributed by atoms with van der Waals surface area (Å²) in [6.45, 7) is 2.63. The normalized spacial score (nSPS) is 39.1. The largest absolute Gasteiger partial charge is 0.377 e. The van der Waals surface area contributed by atoms with Crippen LogP contribution in [0, 0.1) is 5.41 Å². The van der Waals surface area contributed by atoms with Crippen LogP contribution < -0.4 is 0 Å². The molecule has 1 saturated carbocycles. The number of ketones is 2. The van der Waals surface area contributed by atoms with Gasteiger partial charge in [0.1, 0.15) is 0 Å². The molecule has 2 aliphatic rings. The molecule has 78 valence electrons. The van der Waals surface area contributed by atoms with Crippen LogP contribution in [0.4, 0.5) is 0 Å². The quantitative estimate of drug-likeness (QED) is 0.597. The van der Waals surface area contributed by atoms with Gasteiger partial charge in [0.2, 0.25) is 5.78 Å². The van der Waals surface area contributed by atoms with Gasteiger partial charge in [0.05, 0.1) is 11.5 Å². The van der Waals surface area contributed by atoms with E-state index in [9.17, 15) is 9.59 Å². The van der Waals surface area contributed by atoms with Gasteiger partial charge in [-0.3, -0.25) is 9.59 Å². The van der Waals surface area contributed by atoms with Gasteiger partial charge in [-0.25, -0.2) is 0 Å². The maximum absolute atomic E-state index is 11.8. The van der Waals surface area contributed by atoms with Crippen molar-refractivity contribution in [3.8, 4) is 0 Å². The van der Waals surface area contributed by atoms with E-state index in [1.807, 2.05) is 6.92 Å². The molecule has 2 fully saturated rings. The highest BCUT2D eigenvalue weighted by Gasteiger charge is 2.47. The van der Waals surface area contributed by atoms with Crippen LogP contribution >= 0.6 is 0 Å². The molecule has 1 saturated heterocycles. The number of Topliss-reactive ketones (excluding diaryl/α,β-unsaturated/α-hetero) is 2. The smallest absolute Gasteiger partial charge is 0.206 e. The summed E-state index contributed by atoms with van der Waals surface area (Å²) in [6, 6.07) is 0. The molecule has 2 rings (SSSR count). The average Bonchev–Trinajstić information content (AvgIpc) is 2.67. The van der Waals surface area contributed by atoms with Crippen molar-refractivity contribution in [2.45, 2.75) is 45.1 Å². The molecule has 0 aromatic carbocycles. The molecule has 0 spiro atoms. The third kappa shape index (κ3) is 1.40. The van der Waals surface area contributed by atoms with E-state index in [1.165, 1.54) is 0 Å². The Balaban J connectivity index is 2.19. The van der Waals surface area contributed by atoms with Crippen molar-refractivity contribution in [2.24, 2.45) is 5.41 Å². The summed E-state index contributed by atoms with van der Waals surface area (Å²) in [7, 11) is 0. The van der Waals surface area contributed by atoms with Gasteiger partial charge < -0.3 is 4.74 Å². The van der Waals surface area contributed by atoms with Crippen molar-refractivity contribution in [1.82, 2.24) is 0 Å². The predicted molar refractivity (Wildman–Crippen MR) is 50.9 cm³/mol. The zero-order valence-corrected chi connectivity index (χ0v) is 8.54. The lowest BCUT2D eigenvalue weighted by molar-refractivity contribution is -0.150. The molecule has 0 aromatic rings. The Hall–Kier alpha value is -0.700. The molecular formula is C11H16O3. The van der Waals surface area contributed by atoms with Crippen LogP contribution in [-0.4, -0.2) is 24.3 Å². The summed E-state index contributed by atoms with van der Waals surface area (Å²) in [4.78, 5) is 23.2. The minimum atomic E-state index is -0.522. The minimum absolute atomic E-state index is 0.0146. The molecular weight excluding hydrogens is 180 g/mol. The van der Waals surface area contributed by atoms with Crippen LogP contribution in [0.1, 0.15) is 39.0 Å². The zero-order valence-electron chi connectivity index (χ0n) is 8.54. The molecule has 0 bridgehead atoms. The Labute approximate surface area is 83.8 Å². The van der Waals surface area contributed by atoms with Crippen molar-refractivity contribution < 1.29 is 14.3 Å². The summed E-state index contributed by atoms with van der Waals surface area (Å²) < 4.78 is 5.54. The van der Waals surface area contributed by atoms with Crippen LogP contribution in [0.5, 0.6) is 0 Å². The van der Waals surface area contributed by atoms with Crippen molar-refractivity contribution in [2.75, 3.05) is 6.61 Å². The molecule has 14 heavy (non-hydrogen) atoms. The SMILES string of the molecule is CC1(C2CCCO2)CCCC(=O)C1=O. The third-order valence-corrected chi connectivity index (χ3v) is 3.51. The standard InChI is InChI=1S/C11H16O3/c1-11(9-5-3-7-14-9)6-2-4-8(12)10(11)13/h9H,2-7H2,1H3. The van der Waals surface area contributed by atoms with Gasteiger partial charge in [-0.1, -0.05) is 0 Å². The molecule has 0 aromatic heterocycles. The van der Waals surface area contributed by atoms with Gasteiger partial charge in [0, 0.05) is 13.0 Å². The summed E-state index contributed by atoms with van der Waals surface area (Å²) in [6.07, 6.45) is 4.00. The van der Waals surface area contributed by atoms with Crippen LogP contribution in [-0.2, 0) is 14.3 Å². The summed E-state index contributed by atoms with van der Waals surface area (Å²) in [5, 5.41) is 0. The van der Waals surface area contributed by atoms with Gasteiger partial charge in [-0.05, 0) is 32.6 Å². The fourth-order valence-electron chi connectivity index (χ4n) is 2.55. The first-order valence-corrected chi connectivity index (χ1v) is 5.34. The molecule has 2 atom stereocenters. The Morgan fingerprint density at radius 2 is 2.14 bits per heavy atom. The van der Waals surface area contributed by atoms with E-state index in [-0.39, 0.29) is 17.7 Å². The fraction of sp³-hybridized carbons (Fsp3) is 0.818. The topological polar surface area (TPSA) is 43.4 Å². The second-order valence-corrected chi connectivity index (χ2v) is 4.52. The van der Waals surface area contributed by atoms with Gasteiger partial charge >= 0.3 is 0 Å². The molecule has 3 nitrogen and oxygen atoms in total. The van der Waals surface area contributed by atoms with Gasteiger partial charge in [-0.2, -0.15) is 0 Å². The van der Waals surface area contributed by atoms with E-state index in [0.29, 0.717) is 6.42 Å². The highest BCUT2D eigenvalue weighted by molar-refractivity contribution is 6.39. The second kappa shape index (κ2) is 3.46. The van der Waals surface area contributed by atoms with E-state index in [0.717, 1.165) is 32.3 Å². The van der Waals surface area contributed by atoms with E-state index >= 15 is 0 Å². The van der Waals surface area contributed by atoms with Crippen LogP contribution in [0.2, 0.25) is 0 Å². The lowest BCUT2D eigenvalue weighted by Crippen LogP contribution is -2.46. The molecule has 3 heteroatoms. The van der Waals surface area contributed by atoms with Crippen molar-refractivity contribution in [3.05, 3.63) is 0 Å². The number of rotatable bonds is 1. The van der Waals surface area contributed by atoms with Crippen molar-refractivity contribution in [3.63, 3.8) is 0 Å². The number of carbonyl (C=O) groups excluding carboxylic acids is 2. The van der Waals surface area contributed by atoms with Gasteiger partial charge in [-0.15, -0.1) is 0 Å². The highest BCUT2D eigenvalue weighted by Crippen LogP contribution is 2.39. The molecule has 1 aliphatic carbocycles. The highest BCUT2D eigenvalue weighted by atomic mass is 16.5. The summed E-state index contributed by atoms with van der Waals surface area (Å²) in [5.41, 5.74) is -0.522. The van der Waals surface area contributed by atoms with E-state index in [4.69, 9.17) is 4.74 Å². The van der Waals surface area contributed by atoms with Gasteiger partial charge in [0.15, 0.2) is 5.78 Å². The first-order valence-electron chi connectivity index (χ1n) is 5.34. The summed E-state index contributed by atoms with van der Waals surface area (Å²) in [5.74, 6) is -0.398. The molecule has 1 aliphatic heterocycles. The summed E-state index contributed by atoms with van der Waals surface area (Å²) >= 11 is 0.